The lowest BCUT2D eigenvalue weighted by atomic mass is 9.81. The molecule has 0 atom stereocenters. The Morgan fingerprint density at radius 3 is 1.61 bits per heavy atom. The van der Waals surface area contributed by atoms with Gasteiger partial charge in [0.15, 0.2) is 0 Å². The summed E-state index contributed by atoms with van der Waals surface area (Å²) in [5.74, 6) is -0.259. The van der Waals surface area contributed by atoms with Gasteiger partial charge in [0.25, 0.3) is 0 Å². The summed E-state index contributed by atoms with van der Waals surface area (Å²) in [7, 11) is -1.61. The maximum Gasteiger partial charge on any atom is 0.125 e. The number of fused-ring (bicyclic) bond motifs is 6. The molecule has 8 aromatic rings. The highest BCUT2D eigenvalue weighted by Crippen LogP contribution is 2.56. The van der Waals surface area contributed by atoms with E-state index < -0.39 is 8.07 Å². The number of benzene rings is 8. The first-order chi connectivity index (χ1) is 26.1. The van der Waals surface area contributed by atoms with Crippen molar-refractivity contribution >= 4 is 68.9 Å². The van der Waals surface area contributed by atoms with Crippen LogP contribution in [-0.4, -0.2) is 8.07 Å². The largest absolute Gasteiger partial charge is 0.310 e. The van der Waals surface area contributed by atoms with Crippen molar-refractivity contribution in [1.29, 1.82) is 0 Å². The van der Waals surface area contributed by atoms with Crippen molar-refractivity contribution in [3.8, 4) is 11.1 Å². The Morgan fingerprint density at radius 2 is 0.981 bits per heavy atom. The van der Waals surface area contributed by atoms with Crippen molar-refractivity contribution in [2.45, 2.75) is 38.9 Å². The van der Waals surface area contributed by atoms with Crippen LogP contribution in [0.15, 0.2) is 170 Å². The average Bonchev–Trinajstić information content (AvgIpc) is 3.41. The van der Waals surface area contributed by atoms with Crippen molar-refractivity contribution in [2.24, 2.45) is 0 Å². The van der Waals surface area contributed by atoms with Gasteiger partial charge in [0.1, 0.15) is 5.82 Å². The van der Waals surface area contributed by atoms with Gasteiger partial charge < -0.3 is 9.80 Å². The van der Waals surface area contributed by atoms with Gasteiger partial charge in [-0.15, -0.1) is 0 Å². The van der Waals surface area contributed by atoms with E-state index in [0.29, 0.717) is 0 Å². The zero-order chi connectivity index (χ0) is 37.2. The third-order valence-electron chi connectivity index (χ3n) is 11.2. The van der Waals surface area contributed by atoms with E-state index in [4.69, 9.17) is 0 Å². The average molecular weight is 719 g/mol. The lowest BCUT2D eigenvalue weighted by Gasteiger charge is -2.31. The Bertz CT molecular complexity index is 2700. The second-order valence-corrected chi connectivity index (χ2v) is 21.0. The third kappa shape index (κ3) is 5.52. The summed E-state index contributed by atoms with van der Waals surface area (Å²) in [6, 6.07) is 59.6. The van der Waals surface area contributed by atoms with E-state index in [2.05, 4.69) is 171 Å². The van der Waals surface area contributed by atoms with Crippen molar-refractivity contribution in [1.82, 2.24) is 0 Å². The molecule has 0 fully saturated rings. The van der Waals surface area contributed by atoms with Gasteiger partial charge in [0, 0.05) is 38.9 Å². The number of para-hydroxylation sites is 2. The van der Waals surface area contributed by atoms with Gasteiger partial charge in [0.05, 0.1) is 19.4 Å². The SMILES string of the molecule is CC1(C)c2cc(N(c3ccccc3)c3ccc([Si](C)(C)C)c4ccccc34)ccc2-c2c1cc(N(c1ccccc1)c1cccc(F)c1)c1ccccc21. The Morgan fingerprint density at radius 1 is 0.444 bits per heavy atom. The molecule has 1 aliphatic rings. The fraction of sp³-hybridized carbons (Fsp3) is 0.120. The summed E-state index contributed by atoms with van der Waals surface area (Å²) in [6.45, 7) is 12.0. The molecule has 0 saturated heterocycles. The Labute approximate surface area is 318 Å². The molecule has 0 amide bonds. The topological polar surface area (TPSA) is 6.48 Å². The van der Waals surface area contributed by atoms with Crippen LogP contribution in [0.2, 0.25) is 19.6 Å². The summed E-state index contributed by atoms with van der Waals surface area (Å²) in [5, 5.41) is 6.39. The predicted molar refractivity (Wildman–Crippen MR) is 231 cm³/mol. The number of anilines is 6. The Hall–Kier alpha value is -5.97. The monoisotopic (exact) mass is 718 g/mol. The van der Waals surface area contributed by atoms with E-state index in [1.807, 2.05) is 24.3 Å². The molecule has 8 aromatic carbocycles. The zero-order valence-corrected chi connectivity index (χ0v) is 32.4. The van der Waals surface area contributed by atoms with Gasteiger partial charge >= 0.3 is 0 Å². The molecule has 0 N–H and O–H groups in total. The second-order valence-electron chi connectivity index (χ2n) is 16.0. The Balaban J connectivity index is 1.26. The van der Waals surface area contributed by atoms with Crippen molar-refractivity contribution in [3.05, 3.63) is 187 Å². The zero-order valence-electron chi connectivity index (χ0n) is 31.4. The summed E-state index contributed by atoms with van der Waals surface area (Å²) >= 11 is 0. The molecule has 0 heterocycles. The molecule has 0 bridgehead atoms. The van der Waals surface area contributed by atoms with Gasteiger partial charge in [-0.3, -0.25) is 0 Å². The molecule has 0 saturated carbocycles. The van der Waals surface area contributed by atoms with Crippen LogP contribution in [0.4, 0.5) is 38.5 Å². The molecule has 9 rings (SSSR count). The van der Waals surface area contributed by atoms with Crippen LogP contribution < -0.4 is 15.0 Å². The van der Waals surface area contributed by atoms with Crippen LogP contribution in [0.5, 0.6) is 0 Å². The lowest BCUT2D eigenvalue weighted by molar-refractivity contribution is 0.628. The summed E-state index contributed by atoms with van der Waals surface area (Å²) in [6.07, 6.45) is 0. The van der Waals surface area contributed by atoms with Crippen LogP contribution in [0.3, 0.4) is 0 Å². The summed E-state index contributed by atoms with van der Waals surface area (Å²) in [4.78, 5) is 4.63. The minimum atomic E-state index is -1.61. The smallest absolute Gasteiger partial charge is 0.125 e. The van der Waals surface area contributed by atoms with Crippen LogP contribution in [0.25, 0.3) is 32.7 Å². The minimum absolute atomic E-state index is 0.259. The first-order valence-electron chi connectivity index (χ1n) is 18.8. The van der Waals surface area contributed by atoms with Gasteiger partial charge in [-0.05, 0) is 99.8 Å². The van der Waals surface area contributed by atoms with E-state index in [1.54, 1.807) is 12.1 Å². The van der Waals surface area contributed by atoms with Gasteiger partial charge in [-0.25, -0.2) is 4.39 Å². The molecule has 0 spiro atoms. The molecular formula is C50H43FN2Si. The molecule has 0 aromatic heterocycles. The minimum Gasteiger partial charge on any atom is -0.310 e. The fourth-order valence-corrected chi connectivity index (χ4v) is 10.2. The van der Waals surface area contributed by atoms with Gasteiger partial charge in [-0.2, -0.15) is 0 Å². The number of hydrogen-bond acceptors (Lipinski definition) is 2. The summed E-state index contributed by atoms with van der Waals surface area (Å²) < 4.78 is 14.9. The molecule has 264 valence electrons. The first kappa shape index (κ1) is 33.8. The van der Waals surface area contributed by atoms with Crippen molar-refractivity contribution in [2.75, 3.05) is 9.80 Å². The van der Waals surface area contributed by atoms with Crippen molar-refractivity contribution in [3.63, 3.8) is 0 Å². The highest BCUT2D eigenvalue weighted by Gasteiger charge is 2.38. The van der Waals surface area contributed by atoms with Gasteiger partial charge in [-0.1, -0.05) is 142 Å². The van der Waals surface area contributed by atoms with Crippen LogP contribution in [0.1, 0.15) is 25.0 Å². The Kier molecular flexibility index (Phi) is 8.06. The van der Waals surface area contributed by atoms with E-state index in [9.17, 15) is 4.39 Å². The molecule has 0 unspecified atom stereocenters. The standard InChI is InChI=1S/C50H43FN2Si/c1-50(2)44-32-38(52(35-18-8-6-9-19-35)46-29-30-48(54(3,4)5)41-25-14-12-23-39(41)46)27-28-43(44)49-42-26-15-13-24-40(42)47(33-45(49)50)53(36-20-10-7-11-21-36)37-22-16-17-34(51)31-37/h6-33H,1-5H3. The molecular weight excluding hydrogens is 676 g/mol. The number of nitrogens with zero attached hydrogens (tertiary/aromatic N) is 2. The highest BCUT2D eigenvalue weighted by molar-refractivity contribution is 6.90. The molecule has 0 aliphatic heterocycles. The molecule has 4 heteroatoms. The fourth-order valence-electron chi connectivity index (χ4n) is 8.63. The molecule has 1 aliphatic carbocycles. The first-order valence-corrected chi connectivity index (χ1v) is 22.3. The number of halogens is 1. The van der Waals surface area contributed by atoms with E-state index in [-0.39, 0.29) is 11.2 Å². The normalized spacial score (nSPS) is 13.1. The van der Waals surface area contributed by atoms with Crippen LogP contribution in [0, 0.1) is 5.82 Å². The third-order valence-corrected chi connectivity index (χ3v) is 13.2. The molecule has 0 radical (unpaired) electrons. The number of rotatable bonds is 7. The van der Waals surface area contributed by atoms with E-state index in [0.717, 1.165) is 33.8 Å². The van der Waals surface area contributed by atoms with E-state index >= 15 is 0 Å². The van der Waals surface area contributed by atoms with Crippen LogP contribution >= 0.6 is 0 Å². The van der Waals surface area contributed by atoms with E-state index in [1.165, 1.54) is 55.4 Å². The van der Waals surface area contributed by atoms with Crippen molar-refractivity contribution < 1.29 is 4.39 Å². The number of hydrogen-bond donors (Lipinski definition) is 0. The van der Waals surface area contributed by atoms with Gasteiger partial charge in [0.2, 0.25) is 0 Å². The second kappa shape index (κ2) is 12.9. The maximum absolute atomic E-state index is 14.9. The lowest BCUT2D eigenvalue weighted by Crippen LogP contribution is -2.38. The molecule has 54 heavy (non-hydrogen) atoms. The highest BCUT2D eigenvalue weighted by atomic mass is 28.3. The predicted octanol–water partition coefficient (Wildman–Crippen LogP) is 13.9. The summed E-state index contributed by atoms with van der Waals surface area (Å²) in [5.41, 5.74) is 11.0. The molecule has 2 nitrogen and oxygen atoms in total. The maximum atomic E-state index is 14.9. The quantitative estimate of drug-likeness (QED) is 0.151. The van der Waals surface area contributed by atoms with Crippen LogP contribution in [-0.2, 0) is 5.41 Å².